The molecule has 2 rings (SSSR count). The summed E-state index contributed by atoms with van der Waals surface area (Å²) in [6.07, 6.45) is 0. The lowest BCUT2D eigenvalue weighted by Crippen LogP contribution is -1.93. The average molecular weight is 217 g/mol. The number of rotatable bonds is 2. The highest BCUT2D eigenvalue weighted by atomic mass is 16.5. The second-order valence-electron chi connectivity index (χ2n) is 4.07. The Morgan fingerprint density at radius 3 is 2.56 bits per heavy atom. The van der Waals surface area contributed by atoms with Crippen LogP contribution < -0.4 is 4.74 Å². The molecule has 16 heavy (non-hydrogen) atoms. The van der Waals surface area contributed by atoms with E-state index in [4.69, 9.17) is 4.74 Å². The van der Waals surface area contributed by atoms with Gasteiger partial charge in [0.1, 0.15) is 5.75 Å². The summed E-state index contributed by atoms with van der Waals surface area (Å²) in [5.41, 5.74) is 3.64. The van der Waals surface area contributed by atoms with Gasteiger partial charge in [-0.1, -0.05) is 0 Å². The van der Waals surface area contributed by atoms with E-state index in [0.29, 0.717) is 0 Å². The number of aryl methyl sites for hydroxylation is 2. The van der Waals surface area contributed by atoms with Crippen molar-refractivity contribution in [3.63, 3.8) is 0 Å². The zero-order chi connectivity index (χ0) is 11.9. The number of fused-ring (bicyclic) bond motifs is 1. The molecule has 0 amide bonds. The van der Waals surface area contributed by atoms with Crippen molar-refractivity contribution in [3.8, 4) is 5.75 Å². The van der Waals surface area contributed by atoms with Gasteiger partial charge >= 0.3 is 0 Å². The maximum absolute atomic E-state index is 11.6. The van der Waals surface area contributed by atoms with Gasteiger partial charge in [-0.2, -0.15) is 0 Å². The Morgan fingerprint density at radius 1 is 1.31 bits per heavy atom. The predicted octanol–water partition coefficient (Wildman–Crippen LogP) is 3.00. The Morgan fingerprint density at radius 2 is 2.00 bits per heavy atom. The monoisotopic (exact) mass is 217 g/mol. The molecule has 1 heterocycles. The number of ketones is 1. The van der Waals surface area contributed by atoms with Crippen molar-refractivity contribution in [2.45, 2.75) is 20.8 Å². The first-order valence-electron chi connectivity index (χ1n) is 5.22. The Balaban J connectivity index is 2.89. The van der Waals surface area contributed by atoms with Gasteiger partial charge < -0.3 is 9.72 Å². The molecule has 1 aromatic carbocycles. The summed E-state index contributed by atoms with van der Waals surface area (Å²) in [6.45, 7) is 5.49. The molecule has 0 fully saturated rings. The van der Waals surface area contributed by atoms with Crippen LogP contribution in [0.3, 0.4) is 0 Å². The van der Waals surface area contributed by atoms with Crippen LogP contribution in [0.25, 0.3) is 10.9 Å². The molecule has 1 N–H and O–H groups in total. The van der Waals surface area contributed by atoms with Crippen molar-refractivity contribution >= 4 is 16.7 Å². The fourth-order valence-corrected chi connectivity index (χ4v) is 2.15. The summed E-state index contributed by atoms with van der Waals surface area (Å²) in [6, 6.07) is 3.97. The number of benzene rings is 1. The highest BCUT2D eigenvalue weighted by Gasteiger charge is 2.15. The van der Waals surface area contributed by atoms with Gasteiger partial charge in [0.15, 0.2) is 5.78 Å². The number of methoxy groups -OCH3 is 1. The second kappa shape index (κ2) is 3.67. The predicted molar refractivity (Wildman–Crippen MR) is 64.3 cm³/mol. The molecule has 0 unspecified atom stereocenters. The Labute approximate surface area is 94.4 Å². The van der Waals surface area contributed by atoms with E-state index in [1.807, 2.05) is 26.0 Å². The lowest BCUT2D eigenvalue weighted by molar-refractivity contribution is 0.101. The zero-order valence-electron chi connectivity index (χ0n) is 9.97. The first-order valence-corrected chi connectivity index (χ1v) is 5.22. The summed E-state index contributed by atoms with van der Waals surface area (Å²) in [5.74, 6) is 0.863. The fourth-order valence-electron chi connectivity index (χ4n) is 2.15. The van der Waals surface area contributed by atoms with Crippen LogP contribution in [-0.4, -0.2) is 17.9 Å². The van der Waals surface area contributed by atoms with E-state index in [1.165, 1.54) is 0 Å². The van der Waals surface area contributed by atoms with Gasteiger partial charge in [0.2, 0.25) is 0 Å². The number of hydrogen-bond donors (Lipinski definition) is 1. The van der Waals surface area contributed by atoms with Crippen LogP contribution in [0, 0.1) is 13.8 Å². The van der Waals surface area contributed by atoms with E-state index in [-0.39, 0.29) is 5.78 Å². The zero-order valence-corrected chi connectivity index (χ0v) is 9.97. The van der Waals surface area contributed by atoms with Crippen LogP contribution in [0.15, 0.2) is 12.1 Å². The molecule has 1 aromatic heterocycles. The van der Waals surface area contributed by atoms with Gasteiger partial charge in [-0.15, -0.1) is 0 Å². The standard InChI is InChI=1S/C13H15NO2/c1-7-5-10-12(9(3)15)8(2)14-13(10)11(6-7)16-4/h5-6,14H,1-4H3. The van der Waals surface area contributed by atoms with Crippen molar-refractivity contribution in [2.24, 2.45) is 0 Å². The number of carbonyl (C=O) groups is 1. The summed E-state index contributed by atoms with van der Waals surface area (Å²) in [7, 11) is 1.64. The maximum Gasteiger partial charge on any atom is 0.162 e. The van der Waals surface area contributed by atoms with Crippen molar-refractivity contribution in [3.05, 3.63) is 29.0 Å². The molecule has 84 valence electrons. The summed E-state index contributed by atoms with van der Waals surface area (Å²) < 4.78 is 5.31. The molecule has 0 bridgehead atoms. The Kier molecular flexibility index (Phi) is 2.46. The van der Waals surface area contributed by atoms with Crippen LogP contribution in [0.4, 0.5) is 0 Å². The molecule has 3 heteroatoms. The van der Waals surface area contributed by atoms with Gasteiger partial charge in [0.25, 0.3) is 0 Å². The third kappa shape index (κ3) is 1.48. The van der Waals surface area contributed by atoms with E-state index in [9.17, 15) is 4.79 Å². The van der Waals surface area contributed by atoms with Crippen molar-refractivity contribution in [2.75, 3.05) is 7.11 Å². The number of H-pyrrole nitrogens is 1. The molecule has 0 saturated heterocycles. The first kappa shape index (κ1) is 10.7. The van der Waals surface area contributed by atoms with Crippen LogP contribution in [0.5, 0.6) is 5.75 Å². The lowest BCUT2D eigenvalue weighted by atomic mass is 10.1. The molecule has 0 atom stereocenters. The van der Waals surface area contributed by atoms with E-state index in [0.717, 1.165) is 33.5 Å². The molecular weight excluding hydrogens is 202 g/mol. The van der Waals surface area contributed by atoms with Crippen molar-refractivity contribution < 1.29 is 9.53 Å². The smallest absolute Gasteiger partial charge is 0.162 e. The van der Waals surface area contributed by atoms with Gasteiger partial charge in [0.05, 0.1) is 12.6 Å². The van der Waals surface area contributed by atoms with Crippen molar-refractivity contribution in [1.29, 1.82) is 0 Å². The third-order valence-corrected chi connectivity index (χ3v) is 2.78. The van der Waals surface area contributed by atoms with Gasteiger partial charge in [0, 0.05) is 16.6 Å². The number of carbonyl (C=O) groups excluding carboxylic acids is 1. The molecule has 0 aliphatic rings. The third-order valence-electron chi connectivity index (χ3n) is 2.78. The quantitative estimate of drug-likeness (QED) is 0.786. The van der Waals surface area contributed by atoms with Crippen LogP contribution >= 0.6 is 0 Å². The van der Waals surface area contributed by atoms with Crippen molar-refractivity contribution in [1.82, 2.24) is 4.98 Å². The van der Waals surface area contributed by atoms with Gasteiger partial charge in [-0.3, -0.25) is 4.79 Å². The highest BCUT2D eigenvalue weighted by Crippen LogP contribution is 2.31. The molecule has 3 nitrogen and oxygen atoms in total. The van der Waals surface area contributed by atoms with E-state index in [1.54, 1.807) is 14.0 Å². The minimum absolute atomic E-state index is 0.0800. The number of hydrogen-bond acceptors (Lipinski definition) is 2. The van der Waals surface area contributed by atoms with Crippen LogP contribution in [0.1, 0.15) is 28.5 Å². The molecule has 0 aliphatic heterocycles. The fraction of sp³-hybridized carbons (Fsp3) is 0.308. The molecule has 0 spiro atoms. The van der Waals surface area contributed by atoms with E-state index < -0.39 is 0 Å². The van der Waals surface area contributed by atoms with Gasteiger partial charge in [-0.05, 0) is 38.5 Å². The normalized spacial score (nSPS) is 10.8. The SMILES string of the molecule is COc1cc(C)cc2c(C(C)=O)c(C)[nH]c12. The summed E-state index contributed by atoms with van der Waals surface area (Å²) >= 11 is 0. The number of aromatic amines is 1. The molecular formula is C13H15NO2. The molecule has 0 saturated carbocycles. The average Bonchev–Trinajstić information content (AvgIpc) is 2.52. The van der Waals surface area contributed by atoms with Crippen LogP contribution in [-0.2, 0) is 0 Å². The Hall–Kier alpha value is -1.77. The minimum Gasteiger partial charge on any atom is -0.495 e. The van der Waals surface area contributed by atoms with E-state index >= 15 is 0 Å². The largest absolute Gasteiger partial charge is 0.495 e. The van der Waals surface area contributed by atoms with E-state index in [2.05, 4.69) is 4.98 Å². The lowest BCUT2D eigenvalue weighted by Gasteiger charge is -2.03. The van der Waals surface area contributed by atoms with Crippen LogP contribution in [0.2, 0.25) is 0 Å². The molecule has 2 aromatic rings. The number of Topliss-reactive ketones (excluding diaryl/α,β-unsaturated/α-hetero) is 1. The van der Waals surface area contributed by atoms with Gasteiger partial charge in [-0.25, -0.2) is 0 Å². The first-order chi connectivity index (χ1) is 7.54. The molecule has 0 radical (unpaired) electrons. The number of aromatic nitrogens is 1. The number of ether oxygens (including phenoxy) is 1. The number of nitrogens with one attached hydrogen (secondary N) is 1. The topological polar surface area (TPSA) is 42.1 Å². The summed E-state index contributed by atoms with van der Waals surface area (Å²) in [4.78, 5) is 14.8. The molecule has 0 aliphatic carbocycles. The Bertz CT molecular complexity index is 567. The maximum atomic E-state index is 11.6. The second-order valence-corrected chi connectivity index (χ2v) is 4.07. The minimum atomic E-state index is 0.0800. The highest BCUT2D eigenvalue weighted by molar-refractivity contribution is 6.09. The summed E-state index contributed by atoms with van der Waals surface area (Å²) in [5, 5.41) is 0.946.